The number of aliphatic hydroxyl groups is 1. The number of piperidine rings is 1. The minimum atomic E-state index is 0.250. The molecule has 0 aromatic heterocycles. The van der Waals surface area contributed by atoms with Gasteiger partial charge in [0.2, 0.25) is 0 Å². The van der Waals surface area contributed by atoms with E-state index in [1.807, 2.05) is 32.1 Å². The van der Waals surface area contributed by atoms with Crippen molar-refractivity contribution in [2.45, 2.75) is 40.0 Å². The van der Waals surface area contributed by atoms with Crippen LogP contribution in [0.2, 0.25) is 0 Å². The molecule has 2 heteroatoms. The van der Waals surface area contributed by atoms with E-state index in [0.717, 1.165) is 6.54 Å². The van der Waals surface area contributed by atoms with Crippen LogP contribution in [0.15, 0.2) is 37.0 Å². The van der Waals surface area contributed by atoms with E-state index in [4.69, 9.17) is 5.11 Å². The molecule has 106 valence electrons. The Kier molecular flexibility index (Phi) is 17.5. The van der Waals surface area contributed by atoms with Gasteiger partial charge in [-0.2, -0.15) is 0 Å². The van der Waals surface area contributed by atoms with Crippen molar-refractivity contribution in [3.05, 3.63) is 37.0 Å². The van der Waals surface area contributed by atoms with Gasteiger partial charge >= 0.3 is 0 Å². The Labute approximate surface area is 114 Å². The van der Waals surface area contributed by atoms with Crippen LogP contribution in [-0.4, -0.2) is 36.2 Å². The van der Waals surface area contributed by atoms with Gasteiger partial charge in [-0.05, 0) is 38.4 Å². The molecule has 1 saturated heterocycles. The van der Waals surface area contributed by atoms with Crippen molar-refractivity contribution < 1.29 is 5.11 Å². The van der Waals surface area contributed by atoms with Crippen molar-refractivity contribution in [2.75, 3.05) is 26.2 Å². The summed E-state index contributed by atoms with van der Waals surface area (Å²) in [5.74, 6) is 0. The zero-order valence-corrected chi connectivity index (χ0v) is 12.5. The number of likely N-dealkylation sites (tertiary alicyclic amines) is 1. The third kappa shape index (κ3) is 11.6. The molecular weight excluding hydrogens is 222 g/mol. The molecule has 0 radical (unpaired) electrons. The van der Waals surface area contributed by atoms with Gasteiger partial charge in [-0.3, -0.25) is 4.90 Å². The Balaban J connectivity index is 0. The predicted molar refractivity (Wildman–Crippen MR) is 82.9 cm³/mol. The predicted octanol–water partition coefficient (Wildman–Crippen LogP) is 3.80. The fourth-order valence-electron chi connectivity index (χ4n) is 1.71. The minimum Gasteiger partial charge on any atom is -0.397 e. The van der Waals surface area contributed by atoms with Crippen LogP contribution in [-0.2, 0) is 0 Å². The Morgan fingerprint density at radius 1 is 1.17 bits per heavy atom. The van der Waals surface area contributed by atoms with Crippen molar-refractivity contribution in [1.29, 1.82) is 0 Å². The average molecular weight is 253 g/mol. The quantitative estimate of drug-likeness (QED) is 0.770. The highest BCUT2D eigenvalue weighted by molar-refractivity contribution is 5.22. The van der Waals surface area contributed by atoms with Gasteiger partial charge in [0.25, 0.3) is 0 Å². The smallest absolute Gasteiger partial charge is 0.0402 e. The molecule has 1 heterocycles. The molecule has 1 rings (SSSR count). The molecule has 1 fully saturated rings. The SMILES string of the molecule is C=C/C=C(\C=C)CN1CCCCC1.CC.CCO. The molecule has 1 aliphatic rings. The third-order valence-corrected chi connectivity index (χ3v) is 2.45. The summed E-state index contributed by atoms with van der Waals surface area (Å²) in [5, 5.41) is 7.57. The molecule has 0 aromatic carbocycles. The van der Waals surface area contributed by atoms with Crippen LogP contribution in [0.3, 0.4) is 0 Å². The van der Waals surface area contributed by atoms with E-state index in [1.165, 1.54) is 37.9 Å². The summed E-state index contributed by atoms with van der Waals surface area (Å²) < 4.78 is 0. The minimum absolute atomic E-state index is 0.250. The highest BCUT2D eigenvalue weighted by atomic mass is 16.2. The van der Waals surface area contributed by atoms with E-state index in [2.05, 4.69) is 18.1 Å². The zero-order chi connectivity index (χ0) is 14.2. The van der Waals surface area contributed by atoms with Crippen molar-refractivity contribution in [1.82, 2.24) is 4.90 Å². The average Bonchev–Trinajstić information content (AvgIpc) is 2.42. The first-order valence-electron chi connectivity index (χ1n) is 7.05. The number of hydrogen-bond acceptors (Lipinski definition) is 2. The van der Waals surface area contributed by atoms with Crippen molar-refractivity contribution in [3.8, 4) is 0 Å². The third-order valence-electron chi connectivity index (χ3n) is 2.45. The molecule has 2 nitrogen and oxygen atoms in total. The summed E-state index contributed by atoms with van der Waals surface area (Å²) in [4.78, 5) is 2.49. The lowest BCUT2D eigenvalue weighted by Crippen LogP contribution is -2.31. The molecule has 0 spiro atoms. The normalized spacial score (nSPS) is 15.7. The van der Waals surface area contributed by atoms with Gasteiger partial charge in [0.05, 0.1) is 0 Å². The van der Waals surface area contributed by atoms with Crippen molar-refractivity contribution >= 4 is 0 Å². The molecule has 0 saturated carbocycles. The molecule has 18 heavy (non-hydrogen) atoms. The van der Waals surface area contributed by atoms with Crippen molar-refractivity contribution in [3.63, 3.8) is 0 Å². The summed E-state index contributed by atoms with van der Waals surface area (Å²) in [6.45, 7) is 16.9. The second kappa shape index (κ2) is 16.1. The summed E-state index contributed by atoms with van der Waals surface area (Å²) in [6, 6.07) is 0. The van der Waals surface area contributed by atoms with E-state index in [0.29, 0.717) is 0 Å². The largest absolute Gasteiger partial charge is 0.397 e. The molecule has 1 N–H and O–H groups in total. The Morgan fingerprint density at radius 2 is 1.67 bits per heavy atom. The van der Waals surface area contributed by atoms with Crippen LogP contribution < -0.4 is 0 Å². The van der Waals surface area contributed by atoms with Crippen LogP contribution in [0.4, 0.5) is 0 Å². The maximum Gasteiger partial charge on any atom is 0.0402 e. The summed E-state index contributed by atoms with van der Waals surface area (Å²) in [5.41, 5.74) is 1.27. The van der Waals surface area contributed by atoms with Crippen molar-refractivity contribution in [2.24, 2.45) is 0 Å². The van der Waals surface area contributed by atoms with Crippen LogP contribution in [0, 0.1) is 0 Å². The second-order valence-electron chi connectivity index (χ2n) is 3.83. The number of aliphatic hydroxyl groups excluding tert-OH is 1. The van der Waals surface area contributed by atoms with E-state index in [9.17, 15) is 0 Å². The molecule has 0 amide bonds. The summed E-state index contributed by atoms with van der Waals surface area (Å²) in [7, 11) is 0. The number of hydrogen-bond donors (Lipinski definition) is 1. The number of allylic oxidation sites excluding steroid dienone is 2. The fourth-order valence-corrected chi connectivity index (χ4v) is 1.71. The first kappa shape index (κ1) is 19.5. The van der Waals surface area contributed by atoms with E-state index >= 15 is 0 Å². The fraction of sp³-hybridized carbons (Fsp3) is 0.625. The highest BCUT2D eigenvalue weighted by Crippen LogP contribution is 2.10. The van der Waals surface area contributed by atoms with Gasteiger partial charge in [0.1, 0.15) is 0 Å². The molecule has 0 aliphatic carbocycles. The summed E-state index contributed by atoms with van der Waals surface area (Å²) >= 11 is 0. The van der Waals surface area contributed by atoms with E-state index in [-0.39, 0.29) is 6.61 Å². The molecule has 0 aromatic rings. The Hall–Kier alpha value is -0.860. The number of nitrogens with zero attached hydrogens (tertiary/aromatic N) is 1. The lowest BCUT2D eigenvalue weighted by molar-refractivity contribution is 0.248. The van der Waals surface area contributed by atoms with Crippen LogP contribution in [0.25, 0.3) is 0 Å². The van der Waals surface area contributed by atoms with Gasteiger partial charge in [0.15, 0.2) is 0 Å². The molecule has 0 bridgehead atoms. The molecule has 1 aliphatic heterocycles. The Bertz CT molecular complexity index is 215. The maximum absolute atomic E-state index is 7.57. The van der Waals surface area contributed by atoms with Gasteiger partial charge in [-0.25, -0.2) is 0 Å². The molecule has 0 atom stereocenters. The lowest BCUT2D eigenvalue weighted by Gasteiger charge is -2.26. The standard InChI is InChI=1S/C12H19N.C2H6O.C2H6/c1-3-8-12(4-2)11-13-9-6-5-7-10-13;1-2-3;1-2/h3-4,8H,1-2,5-7,9-11H2;3H,2H2,1H3;1-2H3/b12-8+;;. The monoisotopic (exact) mass is 253 g/mol. The molecule has 0 unspecified atom stereocenters. The highest BCUT2D eigenvalue weighted by Gasteiger charge is 2.09. The van der Waals surface area contributed by atoms with Crippen LogP contribution in [0.5, 0.6) is 0 Å². The maximum atomic E-state index is 7.57. The van der Waals surface area contributed by atoms with Gasteiger partial charge in [-0.1, -0.05) is 51.7 Å². The first-order chi connectivity index (χ1) is 8.78. The van der Waals surface area contributed by atoms with Crippen LogP contribution >= 0.6 is 0 Å². The second-order valence-corrected chi connectivity index (χ2v) is 3.83. The Morgan fingerprint density at radius 3 is 2.06 bits per heavy atom. The number of rotatable bonds is 4. The lowest BCUT2D eigenvalue weighted by atomic mass is 10.1. The van der Waals surface area contributed by atoms with Gasteiger partial charge in [0, 0.05) is 13.2 Å². The molecular formula is C16H31NO. The van der Waals surface area contributed by atoms with E-state index < -0.39 is 0 Å². The van der Waals surface area contributed by atoms with Gasteiger partial charge < -0.3 is 5.11 Å². The topological polar surface area (TPSA) is 23.5 Å². The first-order valence-corrected chi connectivity index (χ1v) is 7.05. The zero-order valence-electron chi connectivity index (χ0n) is 12.5. The van der Waals surface area contributed by atoms with E-state index in [1.54, 1.807) is 6.92 Å². The van der Waals surface area contributed by atoms with Crippen LogP contribution in [0.1, 0.15) is 40.0 Å². The van der Waals surface area contributed by atoms with Gasteiger partial charge in [-0.15, -0.1) is 0 Å². The summed E-state index contributed by atoms with van der Waals surface area (Å²) in [6.07, 6.45) is 9.89.